The molecule has 0 fully saturated rings. The molecule has 1 aliphatic heterocycles. The maximum absolute atomic E-state index is 10.7. The number of hydrogen-bond donors (Lipinski definition) is 1. The van der Waals surface area contributed by atoms with Gasteiger partial charge in [-0.2, -0.15) is 5.26 Å². The number of nitriles is 1. The van der Waals surface area contributed by atoms with Gasteiger partial charge in [0.25, 0.3) is 0 Å². The number of benzene rings is 2. The number of rotatable bonds is 3. The van der Waals surface area contributed by atoms with Crippen LogP contribution in [0.3, 0.4) is 0 Å². The Kier molecular flexibility index (Phi) is 4.52. The van der Waals surface area contributed by atoms with Crippen LogP contribution in [0.2, 0.25) is 5.02 Å². The molecule has 0 bridgehead atoms. The molecule has 1 unspecified atom stereocenters. The van der Waals surface area contributed by atoms with Crippen molar-refractivity contribution in [2.45, 2.75) is 12.6 Å². The second-order valence-electron chi connectivity index (χ2n) is 5.53. The first kappa shape index (κ1) is 16.4. The van der Waals surface area contributed by atoms with Crippen LogP contribution >= 0.6 is 11.6 Å². The van der Waals surface area contributed by atoms with E-state index in [2.05, 4.69) is 6.07 Å². The summed E-state index contributed by atoms with van der Waals surface area (Å²) in [5.41, 5.74) is 2.80. The van der Waals surface area contributed by atoms with Crippen LogP contribution in [0.15, 0.2) is 30.3 Å². The number of ether oxygens (including phenoxy) is 2. The van der Waals surface area contributed by atoms with Crippen molar-refractivity contribution in [3.63, 3.8) is 0 Å². The summed E-state index contributed by atoms with van der Waals surface area (Å²) in [6.07, 6.45) is -0.749. The summed E-state index contributed by atoms with van der Waals surface area (Å²) in [6.45, 7) is 0.857. The Hall–Kier alpha value is -2.42. The first-order valence-electron chi connectivity index (χ1n) is 7.45. The lowest BCUT2D eigenvalue weighted by Gasteiger charge is -2.35. The van der Waals surface area contributed by atoms with Gasteiger partial charge in [-0.25, -0.2) is 0 Å². The van der Waals surface area contributed by atoms with Crippen molar-refractivity contribution in [3.8, 4) is 17.6 Å². The Morgan fingerprint density at radius 3 is 2.58 bits per heavy atom. The third-order valence-corrected chi connectivity index (χ3v) is 4.44. The third kappa shape index (κ3) is 2.75. The van der Waals surface area contributed by atoms with E-state index in [-0.39, 0.29) is 0 Å². The monoisotopic (exact) mass is 344 g/mol. The zero-order chi connectivity index (χ0) is 17.3. The second-order valence-corrected chi connectivity index (χ2v) is 5.97. The molecule has 1 N–H and O–H groups in total. The van der Waals surface area contributed by atoms with Crippen LogP contribution in [-0.4, -0.2) is 25.9 Å². The van der Waals surface area contributed by atoms with Crippen molar-refractivity contribution in [3.05, 3.63) is 52.0 Å². The predicted octanol–water partition coefficient (Wildman–Crippen LogP) is 3.28. The van der Waals surface area contributed by atoms with E-state index in [1.807, 2.05) is 11.0 Å². The summed E-state index contributed by atoms with van der Waals surface area (Å²) in [5, 5.41) is 20.5. The van der Waals surface area contributed by atoms with E-state index in [9.17, 15) is 10.4 Å². The van der Waals surface area contributed by atoms with E-state index in [0.29, 0.717) is 35.2 Å². The van der Waals surface area contributed by atoms with Crippen LogP contribution < -0.4 is 14.4 Å². The molecule has 0 spiro atoms. The van der Waals surface area contributed by atoms with E-state index < -0.39 is 6.10 Å². The number of aliphatic hydroxyl groups is 1. The molecule has 124 valence electrons. The first-order chi connectivity index (χ1) is 11.6. The number of hydrogen-bond acceptors (Lipinski definition) is 5. The SMILES string of the molecule is COc1ccc(OC)c2c1CN(c1ccc(Cl)cc1C#N)CC2O. The maximum atomic E-state index is 10.7. The van der Waals surface area contributed by atoms with Gasteiger partial charge in [-0.3, -0.25) is 0 Å². The molecule has 1 atom stereocenters. The lowest BCUT2D eigenvalue weighted by molar-refractivity contribution is 0.169. The molecule has 24 heavy (non-hydrogen) atoms. The van der Waals surface area contributed by atoms with E-state index in [1.54, 1.807) is 38.5 Å². The zero-order valence-electron chi connectivity index (χ0n) is 13.4. The molecule has 5 nitrogen and oxygen atoms in total. The van der Waals surface area contributed by atoms with Crippen molar-refractivity contribution >= 4 is 17.3 Å². The number of β-amino-alcohol motifs (C(OH)–C–C–N with tert-alkyl or cyclic N) is 1. The molecule has 2 aromatic rings. The lowest BCUT2D eigenvalue weighted by Crippen LogP contribution is -2.34. The quantitative estimate of drug-likeness (QED) is 0.925. The minimum atomic E-state index is -0.749. The van der Waals surface area contributed by atoms with Crippen LogP contribution in [-0.2, 0) is 6.54 Å². The molecule has 0 aliphatic carbocycles. The van der Waals surface area contributed by atoms with Gasteiger partial charge in [0, 0.05) is 29.2 Å². The normalized spacial score (nSPS) is 16.3. The standard InChI is InChI=1S/C18H17ClN2O3/c1-23-16-5-6-17(24-2)18-13(16)9-21(10-15(18)22)14-4-3-12(19)7-11(14)8-20/h3-7,15,22H,9-10H2,1-2H3. The molecule has 0 saturated carbocycles. The van der Waals surface area contributed by atoms with Gasteiger partial charge in [0.15, 0.2) is 0 Å². The van der Waals surface area contributed by atoms with E-state index in [4.69, 9.17) is 21.1 Å². The summed E-state index contributed by atoms with van der Waals surface area (Å²) in [7, 11) is 3.17. The summed E-state index contributed by atoms with van der Waals surface area (Å²) >= 11 is 5.98. The summed E-state index contributed by atoms with van der Waals surface area (Å²) < 4.78 is 10.8. The van der Waals surface area contributed by atoms with Gasteiger partial charge in [0.1, 0.15) is 23.7 Å². The van der Waals surface area contributed by atoms with Crippen LogP contribution in [0.5, 0.6) is 11.5 Å². The first-order valence-corrected chi connectivity index (χ1v) is 7.83. The molecule has 1 aliphatic rings. The van der Waals surface area contributed by atoms with Gasteiger partial charge in [0.05, 0.1) is 25.5 Å². The minimum absolute atomic E-state index is 0.354. The Morgan fingerprint density at radius 1 is 1.21 bits per heavy atom. The van der Waals surface area contributed by atoms with Crippen molar-refractivity contribution < 1.29 is 14.6 Å². The molecule has 1 heterocycles. The number of aliphatic hydroxyl groups excluding tert-OH is 1. The van der Waals surface area contributed by atoms with E-state index >= 15 is 0 Å². The average molecular weight is 345 g/mol. The molecule has 0 aromatic heterocycles. The molecule has 2 aromatic carbocycles. The number of nitrogens with zero attached hydrogens (tertiary/aromatic N) is 2. The second kappa shape index (κ2) is 6.60. The molecular weight excluding hydrogens is 328 g/mol. The van der Waals surface area contributed by atoms with Gasteiger partial charge in [0.2, 0.25) is 0 Å². The molecule has 0 saturated heterocycles. The highest BCUT2D eigenvalue weighted by Gasteiger charge is 2.30. The van der Waals surface area contributed by atoms with Crippen LogP contribution in [0.1, 0.15) is 22.8 Å². The van der Waals surface area contributed by atoms with Crippen LogP contribution in [0, 0.1) is 11.3 Å². The molecular formula is C18H17ClN2O3. The maximum Gasteiger partial charge on any atom is 0.125 e. The van der Waals surface area contributed by atoms with Crippen LogP contribution in [0.25, 0.3) is 0 Å². The predicted molar refractivity (Wildman–Crippen MR) is 91.7 cm³/mol. The smallest absolute Gasteiger partial charge is 0.125 e. The summed E-state index contributed by atoms with van der Waals surface area (Å²) in [6, 6.07) is 10.9. The van der Waals surface area contributed by atoms with Crippen molar-refractivity contribution in [2.24, 2.45) is 0 Å². The highest BCUT2D eigenvalue weighted by Crippen LogP contribution is 2.41. The Morgan fingerprint density at radius 2 is 1.92 bits per heavy atom. The third-order valence-electron chi connectivity index (χ3n) is 4.21. The minimum Gasteiger partial charge on any atom is -0.496 e. The molecule has 3 rings (SSSR count). The van der Waals surface area contributed by atoms with Gasteiger partial charge in [-0.05, 0) is 30.3 Å². The average Bonchev–Trinajstić information content (AvgIpc) is 2.60. The number of methoxy groups -OCH3 is 2. The highest BCUT2D eigenvalue weighted by molar-refractivity contribution is 6.30. The van der Waals surface area contributed by atoms with E-state index in [0.717, 1.165) is 16.8 Å². The largest absolute Gasteiger partial charge is 0.496 e. The van der Waals surface area contributed by atoms with Crippen LogP contribution in [0.4, 0.5) is 5.69 Å². The van der Waals surface area contributed by atoms with Gasteiger partial charge in [-0.15, -0.1) is 0 Å². The highest BCUT2D eigenvalue weighted by atomic mass is 35.5. The molecule has 0 amide bonds. The Labute approximate surface area is 145 Å². The number of halogens is 1. The van der Waals surface area contributed by atoms with Gasteiger partial charge < -0.3 is 19.5 Å². The molecule has 6 heteroatoms. The number of fused-ring (bicyclic) bond motifs is 1. The van der Waals surface area contributed by atoms with Crippen molar-refractivity contribution in [1.82, 2.24) is 0 Å². The van der Waals surface area contributed by atoms with Gasteiger partial charge in [-0.1, -0.05) is 11.6 Å². The fourth-order valence-corrected chi connectivity index (χ4v) is 3.31. The van der Waals surface area contributed by atoms with E-state index in [1.165, 1.54) is 0 Å². The fraction of sp³-hybridized carbons (Fsp3) is 0.278. The van der Waals surface area contributed by atoms with Gasteiger partial charge >= 0.3 is 0 Å². The topological polar surface area (TPSA) is 65.7 Å². The van der Waals surface area contributed by atoms with Crippen molar-refractivity contribution in [2.75, 3.05) is 25.7 Å². The zero-order valence-corrected chi connectivity index (χ0v) is 14.2. The van der Waals surface area contributed by atoms with Crippen molar-refractivity contribution in [1.29, 1.82) is 5.26 Å². The summed E-state index contributed by atoms with van der Waals surface area (Å²) in [5.74, 6) is 1.32. The fourth-order valence-electron chi connectivity index (χ4n) is 3.13. The summed E-state index contributed by atoms with van der Waals surface area (Å²) in [4.78, 5) is 1.95. The molecule has 0 radical (unpaired) electrons. The Bertz CT molecular complexity index is 817. The number of anilines is 1. The lowest BCUT2D eigenvalue weighted by atomic mass is 9.94. The Balaban J connectivity index is 2.08.